The van der Waals surface area contributed by atoms with Crippen molar-refractivity contribution in [3.63, 3.8) is 0 Å². The minimum atomic E-state index is 0. The lowest BCUT2D eigenvalue weighted by molar-refractivity contribution is -0.127. The second-order valence-corrected chi connectivity index (χ2v) is 5.56. The van der Waals surface area contributed by atoms with Gasteiger partial charge >= 0.3 is 0 Å². The summed E-state index contributed by atoms with van der Waals surface area (Å²) >= 11 is 0. The summed E-state index contributed by atoms with van der Waals surface area (Å²) in [6.07, 6.45) is 3.94. The van der Waals surface area contributed by atoms with Crippen molar-refractivity contribution in [3.8, 4) is 0 Å². The van der Waals surface area contributed by atoms with Crippen molar-refractivity contribution in [2.75, 3.05) is 26.2 Å². The van der Waals surface area contributed by atoms with E-state index in [1.54, 1.807) is 0 Å². The van der Waals surface area contributed by atoms with Gasteiger partial charge in [-0.2, -0.15) is 0 Å². The van der Waals surface area contributed by atoms with Crippen LogP contribution in [0.4, 0.5) is 0 Å². The van der Waals surface area contributed by atoms with Crippen LogP contribution in [0.2, 0.25) is 0 Å². The second-order valence-electron chi connectivity index (χ2n) is 5.56. The van der Waals surface area contributed by atoms with Crippen LogP contribution in [0.3, 0.4) is 0 Å². The summed E-state index contributed by atoms with van der Waals surface area (Å²) in [7, 11) is 0. The van der Waals surface area contributed by atoms with Gasteiger partial charge in [-0.25, -0.2) is 0 Å². The standard InChI is InChI=1S/C14H26N4O.HI/c1-3-15-14(17-12-10-11(12)2)16-7-5-9-18-8-4-6-13(18)19;/h11-12H,3-10H2,1-2H3,(H2,15,16,17);1H. The maximum Gasteiger partial charge on any atom is 0.222 e. The summed E-state index contributed by atoms with van der Waals surface area (Å²) in [6, 6.07) is 0.595. The van der Waals surface area contributed by atoms with Crippen molar-refractivity contribution in [2.45, 2.75) is 45.6 Å². The zero-order valence-corrected chi connectivity index (χ0v) is 14.9. The van der Waals surface area contributed by atoms with Gasteiger partial charge in [0, 0.05) is 38.6 Å². The molecule has 5 nitrogen and oxygen atoms in total. The molecule has 2 N–H and O–H groups in total. The van der Waals surface area contributed by atoms with Crippen LogP contribution in [0.15, 0.2) is 4.99 Å². The Kier molecular flexibility index (Phi) is 7.61. The molecule has 20 heavy (non-hydrogen) atoms. The van der Waals surface area contributed by atoms with Crippen molar-refractivity contribution >= 4 is 35.8 Å². The van der Waals surface area contributed by atoms with Crippen molar-refractivity contribution in [2.24, 2.45) is 10.9 Å². The number of nitrogens with one attached hydrogen (secondary N) is 2. The van der Waals surface area contributed by atoms with Gasteiger partial charge in [0.05, 0.1) is 0 Å². The van der Waals surface area contributed by atoms with Gasteiger partial charge in [0.2, 0.25) is 5.91 Å². The summed E-state index contributed by atoms with van der Waals surface area (Å²) in [4.78, 5) is 18.0. The Labute approximate surface area is 139 Å². The largest absolute Gasteiger partial charge is 0.357 e. The molecule has 2 fully saturated rings. The lowest BCUT2D eigenvalue weighted by Gasteiger charge is -2.15. The summed E-state index contributed by atoms with van der Waals surface area (Å²) < 4.78 is 0. The number of guanidine groups is 1. The molecule has 0 bridgehead atoms. The van der Waals surface area contributed by atoms with Gasteiger partial charge in [-0.1, -0.05) is 6.92 Å². The van der Waals surface area contributed by atoms with E-state index in [1.165, 1.54) is 6.42 Å². The lowest BCUT2D eigenvalue weighted by atomic mass is 10.4. The molecular formula is C14H27IN4O. The van der Waals surface area contributed by atoms with Crippen molar-refractivity contribution in [3.05, 3.63) is 0 Å². The molecule has 1 aliphatic heterocycles. The molecule has 1 aliphatic carbocycles. The highest BCUT2D eigenvalue weighted by molar-refractivity contribution is 14.0. The van der Waals surface area contributed by atoms with E-state index >= 15 is 0 Å². The molecule has 2 atom stereocenters. The first-order valence-corrected chi connectivity index (χ1v) is 7.53. The lowest BCUT2D eigenvalue weighted by Crippen LogP contribution is -2.39. The minimum absolute atomic E-state index is 0. The molecule has 2 unspecified atom stereocenters. The third kappa shape index (κ3) is 5.46. The monoisotopic (exact) mass is 394 g/mol. The van der Waals surface area contributed by atoms with E-state index in [9.17, 15) is 4.79 Å². The SMILES string of the molecule is CCNC(=NCCCN1CCCC1=O)NC1CC1C.I. The van der Waals surface area contributed by atoms with Gasteiger partial charge in [0.15, 0.2) is 5.96 Å². The van der Waals surface area contributed by atoms with E-state index in [0.29, 0.717) is 11.9 Å². The molecule has 2 aliphatic rings. The zero-order chi connectivity index (χ0) is 13.7. The Morgan fingerprint density at radius 1 is 1.50 bits per heavy atom. The highest BCUT2D eigenvalue weighted by Gasteiger charge is 2.33. The Hall–Kier alpha value is -0.530. The molecule has 0 radical (unpaired) electrons. The number of carbonyl (C=O) groups excluding carboxylic acids is 1. The third-order valence-electron chi connectivity index (χ3n) is 3.80. The number of likely N-dealkylation sites (tertiary alicyclic amines) is 1. The van der Waals surface area contributed by atoms with Crippen LogP contribution in [0, 0.1) is 5.92 Å². The summed E-state index contributed by atoms with van der Waals surface area (Å²) in [5.41, 5.74) is 0. The number of halogens is 1. The average Bonchev–Trinajstić information content (AvgIpc) is 2.91. The van der Waals surface area contributed by atoms with E-state index in [4.69, 9.17) is 0 Å². The molecule has 1 amide bonds. The minimum Gasteiger partial charge on any atom is -0.357 e. The maximum absolute atomic E-state index is 11.5. The molecule has 6 heteroatoms. The van der Waals surface area contributed by atoms with E-state index in [1.807, 2.05) is 4.90 Å². The first kappa shape index (κ1) is 17.5. The first-order chi connectivity index (χ1) is 9.20. The second kappa shape index (κ2) is 8.69. The van der Waals surface area contributed by atoms with Crippen LogP contribution in [0.1, 0.15) is 39.5 Å². The van der Waals surface area contributed by atoms with Gasteiger partial charge in [0.1, 0.15) is 0 Å². The molecule has 1 heterocycles. The Balaban J connectivity index is 0.00000200. The number of carbonyl (C=O) groups is 1. The van der Waals surface area contributed by atoms with Crippen molar-refractivity contribution in [1.29, 1.82) is 0 Å². The van der Waals surface area contributed by atoms with E-state index < -0.39 is 0 Å². The van der Waals surface area contributed by atoms with Crippen LogP contribution in [-0.4, -0.2) is 49.0 Å². The van der Waals surface area contributed by atoms with Gasteiger partial charge in [-0.15, -0.1) is 24.0 Å². The fourth-order valence-electron chi connectivity index (χ4n) is 2.41. The highest BCUT2D eigenvalue weighted by atomic mass is 127. The van der Waals surface area contributed by atoms with E-state index in [-0.39, 0.29) is 24.0 Å². The maximum atomic E-state index is 11.5. The molecule has 0 aromatic carbocycles. The number of amides is 1. The molecule has 1 saturated carbocycles. The molecule has 0 spiro atoms. The first-order valence-electron chi connectivity index (χ1n) is 7.53. The normalized spacial score (nSPS) is 25.4. The summed E-state index contributed by atoms with van der Waals surface area (Å²) in [5.74, 6) is 2.00. The van der Waals surface area contributed by atoms with Crippen LogP contribution >= 0.6 is 24.0 Å². The van der Waals surface area contributed by atoms with Gasteiger partial charge in [0.25, 0.3) is 0 Å². The number of aliphatic imine (C=N–C) groups is 1. The number of rotatable bonds is 6. The topological polar surface area (TPSA) is 56.7 Å². The summed E-state index contributed by atoms with van der Waals surface area (Å²) in [6.45, 7) is 7.77. The van der Waals surface area contributed by atoms with Gasteiger partial charge in [-0.3, -0.25) is 9.79 Å². The molecule has 1 saturated heterocycles. The number of nitrogens with zero attached hydrogens (tertiary/aromatic N) is 2. The Morgan fingerprint density at radius 3 is 2.80 bits per heavy atom. The van der Waals surface area contributed by atoms with Crippen LogP contribution in [0.25, 0.3) is 0 Å². The predicted octanol–water partition coefficient (Wildman–Crippen LogP) is 1.58. The van der Waals surface area contributed by atoms with Gasteiger partial charge < -0.3 is 15.5 Å². The number of hydrogen-bond acceptors (Lipinski definition) is 2. The summed E-state index contributed by atoms with van der Waals surface area (Å²) in [5, 5.41) is 6.71. The fraction of sp³-hybridized carbons (Fsp3) is 0.857. The molecule has 0 aromatic heterocycles. The Morgan fingerprint density at radius 2 is 2.25 bits per heavy atom. The predicted molar refractivity (Wildman–Crippen MR) is 92.5 cm³/mol. The van der Waals surface area contributed by atoms with E-state index in [2.05, 4.69) is 29.5 Å². The van der Waals surface area contributed by atoms with E-state index in [0.717, 1.165) is 57.3 Å². The molecule has 2 rings (SSSR count). The molecule has 116 valence electrons. The highest BCUT2D eigenvalue weighted by Crippen LogP contribution is 2.28. The fourth-order valence-corrected chi connectivity index (χ4v) is 2.41. The average molecular weight is 394 g/mol. The van der Waals surface area contributed by atoms with Crippen molar-refractivity contribution < 1.29 is 4.79 Å². The van der Waals surface area contributed by atoms with Crippen LogP contribution in [0.5, 0.6) is 0 Å². The third-order valence-corrected chi connectivity index (χ3v) is 3.80. The zero-order valence-electron chi connectivity index (χ0n) is 12.5. The van der Waals surface area contributed by atoms with Gasteiger partial charge in [-0.05, 0) is 32.1 Å². The number of hydrogen-bond donors (Lipinski definition) is 2. The van der Waals surface area contributed by atoms with Crippen molar-refractivity contribution in [1.82, 2.24) is 15.5 Å². The van der Waals surface area contributed by atoms with Crippen LogP contribution < -0.4 is 10.6 Å². The Bertz CT molecular complexity index is 348. The smallest absolute Gasteiger partial charge is 0.222 e. The molecular weight excluding hydrogens is 367 g/mol. The van der Waals surface area contributed by atoms with Crippen LogP contribution in [-0.2, 0) is 4.79 Å². The quantitative estimate of drug-likeness (QED) is 0.311. The molecule has 0 aromatic rings.